The number of nitrogens with zero attached hydrogens (tertiary/aromatic N) is 2. The lowest BCUT2D eigenvalue weighted by atomic mass is 10.0. The van der Waals surface area contributed by atoms with E-state index in [0.29, 0.717) is 11.6 Å². The van der Waals surface area contributed by atoms with E-state index in [1.807, 2.05) is 0 Å². The van der Waals surface area contributed by atoms with Crippen molar-refractivity contribution in [2.24, 2.45) is 0 Å². The van der Waals surface area contributed by atoms with Crippen LogP contribution < -0.4 is 5.32 Å². The van der Waals surface area contributed by atoms with Crippen molar-refractivity contribution in [1.82, 2.24) is 15.1 Å². The fourth-order valence-electron chi connectivity index (χ4n) is 2.99. The summed E-state index contributed by atoms with van der Waals surface area (Å²) >= 11 is 0. The Morgan fingerprint density at radius 1 is 1.38 bits per heavy atom. The highest BCUT2D eigenvalue weighted by molar-refractivity contribution is 5.22. The molecule has 1 aromatic carbocycles. The van der Waals surface area contributed by atoms with Crippen LogP contribution in [-0.2, 0) is 0 Å². The minimum Gasteiger partial charge on any atom is -0.313 e. The van der Waals surface area contributed by atoms with Gasteiger partial charge in [0.05, 0.1) is 0 Å². The van der Waals surface area contributed by atoms with Crippen molar-refractivity contribution in [3.63, 3.8) is 0 Å². The average Bonchev–Trinajstić information content (AvgIpc) is 2.93. The minimum absolute atomic E-state index is 0.154. The zero-order valence-electron chi connectivity index (χ0n) is 13.1. The molecule has 1 aliphatic rings. The maximum absolute atomic E-state index is 13.9. The molecule has 0 aromatic heterocycles. The van der Waals surface area contributed by atoms with Gasteiger partial charge in [0.2, 0.25) is 0 Å². The molecule has 1 aromatic rings. The molecule has 2 rings (SSSR count). The molecule has 0 spiro atoms. The molecule has 0 aliphatic carbocycles. The number of halogens is 2. The highest BCUT2D eigenvalue weighted by Crippen LogP contribution is 2.23. The second-order valence-corrected chi connectivity index (χ2v) is 5.98. The standard InChI is InChI=1S/C16H25F2N3/c1-19-15(13-5-4-6-14(17)16(13)18)8-10-21-9-7-12(11-21)20(2)3/h4-6,12,15,19H,7-11H2,1-3H3. The topological polar surface area (TPSA) is 18.5 Å². The molecule has 3 nitrogen and oxygen atoms in total. The van der Waals surface area contributed by atoms with E-state index in [4.69, 9.17) is 0 Å². The van der Waals surface area contributed by atoms with Crippen LogP contribution >= 0.6 is 0 Å². The molecule has 0 amide bonds. The summed E-state index contributed by atoms with van der Waals surface area (Å²) in [6.45, 7) is 3.02. The first kappa shape index (κ1) is 16.3. The summed E-state index contributed by atoms with van der Waals surface area (Å²) < 4.78 is 27.2. The number of nitrogens with one attached hydrogen (secondary N) is 1. The van der Waals surface area contributed by atoms with Gasteiger partial charge in [0, 0.05) is 30.7 Å². The van der Waals surface area contributed by atoms with Gasteiger partial charge in [0.25, 0.3) is 0 Å². The second-order valence-electron chi connectivity index (χ2n) is 5.98. The van der Waals surface area contributed by atoms with Crippen LogP contribution in [0, 0.1) is 11.6 Å². The van der Waals surface area contributed by atoms with Crippen molar-refractivity contribution in [3.05, 3.63) is 35.4 Å². The van der Waals surface area contributed by atoms with E-state index in [1.165, 1.54) is 6.42 Å². The molecule has 21 heavy (non-hydrogen) atoms. The van der Waals surface area contributed by atoms with E-state index >= 15 is 0 Å². The zero-order chi connectivity index (χ0) is 15.4. The Labute approximate surface area is 125 Å². The molecule has 1 saturated heterocycles. The van der Waals surface area contributed by atoms with Crippen LogP contribution in [0.25, 0.3) is 0 Å². The molecule has 1 N–H and O–H groups in total. The molecular formula is C16H25F2N3. The molecule has 118 valence electrons. The molecule has 2 atom stereocenters. The molecule has 5 heteroatoms. The summed E-state index contributed by atoms with van der Waals surface area (Å²) in [6.07, 6.45) is 1.95. The Morgan fingerprint density at radius 3 is 2.76 bits per heavy atom. The van der Waals surface area contributed by atoms with Crippen LogP contribution in [0.2, 0.25) is 0 Å². The maximum Gasteiger partial charge on any atom is 0.163 e. The number of hydrogen-bond donors (Lipinski definition) is 1. The normalized spacial score (nSPS) is 21.1. The Kier molecular flexibility index (Phi) is 5.67. The van der Waals surface area contributed by atoms with E-state index < -0.39 is 11.6 Å². The van der Waals surface area contributed by atoms with Gasteiger partial charge in [0.1, 0.15) is 0 Å². The summed E-state index contributed by atoms with van der Waals surface area (Å²) in [7, 11) is 6.00. The maximum atomic E-state index is 13.9. The predicted octanol–water partition coefficient (Wildman–Crippen LogP) is 2.25. The van der Waals surface area contributed by atoms with E-state index in [0.717, 1.165) is 32.1 Å². The Morgan fingerprint density at radius 2 is 2.14 bits per heavy atom. The smallest absolute Gasteiger partial charge is 0.163 e. The van der Waals surface area contributed by atoms with Crippen molar-refractivity contribution < 1.29 is 8.78 Å². The highest BCUT2D eigenvalue weighted by atomic mass is 19.2. The van der Waals surface area contributed by atoms with Gasteiger partial charge in [-0.1, -0.05) is 12.1 Å². The lowest BCUT2D eigenvalue weighted by Gasteiger charge is -2.23. The molecule has 1 aliphatic heterocycles. The molecule has 0 bridgehead atoms. The zero-order valence-corrected chi connectivity index (χ0v) is 13.1. The van der Waals surface area contributed by atoms with Crippen molar-refractivity contribution in [2.45, 2.75) is 24.9 Å². The number of hydrogen-bond acceptors (Lipinski definition) is 3. The molecule has 1 fully saturated rings. The third-order valence-electron chi connectivity index (χ3n) is 4.42. The van der Waals surface area contributed by atoms with Crippen LogP contribution in [0.3, 0.4) is 0 Å². The summed E-state index contributed by atoms with van der Waals surface area (Å²) in [6, 6.07) is 4.83. The summed E-state index contributed by atoms with van der Waals surface area (Å²) in [5.74, 6) is -1.51. The molecule has 2 unspecified atom stereocenters. The number of rotatable bonds is 6. The van der Waals surface area contributed by atoms with Crippen molar-refractivity contribution >= 4 is 0 Å². The third-order valence-corrected chi connectivity index (χ3v) is 4.42. The third kappa shape index (κ3) is 3.99. The average molecular weight is 297 g/mol. The Bertz CT molecular complexity index is 465. The first-order valence-electron chi connectivity index (χ1n) is 7.53. The van der Waals surface area contributed by atoms with Gasteiger partial charge in [-0.3, -0.25) is 0 Å². The van der Waals surface area contributed by atoms with Crippen LogP contribution in [0.15, 0.2) is 18.2 Å². The van der Waals surface area contributed by atoms with Gasteiger partial charge < -0.3 is 15.1 Å². The monoisotopic (exact) mass is 297 g/mol. The fourth-order valence-corrected chi connectivity index (χ4v) is 2.99. The van der Waals surface area contributed by atoms with Crippen LogP contribution in [0.4, 0.5) is 8.78 Å². The van der Waals surface area contributed by atoms with Crippen molar-refractivity contribution in [1.29, 1.82) is 0 Å². The molecule has 1 heterocycles. The largest absolute Gasteiger partial charge is 0.313 e. The van der Waals surface area contributed by atoms with Crippen molar-refractivity contribution in [2.75, 3.05) is 40.8 Å². The van der Waals surface area contributed by atoms with Gasteiger partial charge in [-0.05, 0) is 46.6 Å². The van der Waals surface area contributed by atoms with Gasteiger partial charge in [0.15, 0.2) is 11.6 Å². The number of likely N-dealkylation sites (N-methyl/N-ethyl adjacent to an activating group) is 1. The van der Waals surface area contributed by atoms with Gasteiger partial charge in [-0.15, -0.1) is 0 Å². The van der Waals surface area contributed by atoms with Crippen LogP contribution in [0.1, 0.15) is 24.4 Å². The van der Waals surface area contributed by atoms with Gasteiger partial charge in [-0.2, -0.15) is 0 Å². The summed E-state index contributed by atoms with van der Waals surface area (Å²) in [5, 5.41) is 3.10. The molecular weight excluding hydrogens is 272 g/mol. The molecule has 0 saturated carbocycles. The summed E-state index contributed by atoms with van der Waals surface area (Å²) in [5.41, 5.74) is 0.417. The van der Waals surface area contributed by atoms with E-state index in [2.05, 4.69) is 29.2 Å². The SMILES string of the molecule is CNC(CCN1CCC(N(C)C)C1)c1cccc(F)c1F. The van der Waals surface area contributed by atoms with Crippen molar-refractivity contribution in [3.8, 4) is 0 Å². The van der Waals surface area contributed by atoms with Gasteiger partial charge >= 0.3 is 0 Å². The Balaban J connectivity index is 1.93. The van der Waals surface area contributed by atoms with Crippen LogP contribution in [0.5, 0.6) is 0 Å². The fraction of sp³-hybridized carbons (Fsp3) is 0.625. The first-order chi connectivity index (χ1) is 10.0. The first-order valence-corrected chi connectivity index (χ1v) is 7.53. The van der Waals surface area contributed by atoms with E-state index in [-0.39, 0.29) is 6.04 Å². The molecule has 0 radical (unpaired) electrons. The van der Waals surface area contributed by atoms with E-state index in [9.17, 15) is 8.78 Å². The lowest BCUT2D eigenvalue weighted by Crippen LogP contribution is -2.33. The summed E-state index contributed by atoms with van der Waals surface area (Å²) in [4.78, 5) is 4.65. The quantitative estimate of drug-likeness (QED) is 0.869. The highest BCUT2D eigenvalue weighted by Gasteiger charge is 2.25. The number of likely N-dealkylation sites (tertiary alicyclic amines) is 1. The second kappa shape index (κ2) is 7.29. The predicted molar refractivity (Wildman–Crippen MR) is 81.3 cm³/mol. The van der Waals surface area contributed by atoms with Gasteiger partial charge in [-0.25, -0.2) is 8.78 Å². The Hall–Kier alpha value is -1.04. The lowest BCUT2D eigenvalue weighted by molar-refractivity contribution is 0.260. The van der Waals surface area contributed by atoms with E-state index in [1.54, 1.807) is 19.2 Å². The number of benzene rings is 1. The van der Waals surface area contributed by atoms with Crippen LogP contribution in [-0.4, -0.2) is 56.6 Å². The minimum atomic E-state index is -0.776.